The first-order valence-electron chi connectivity index (χ1n) is 6.95. The Morgan fingerprint density at radius 3 is 2.09 bits per heavy atom. The van der Waals surface area contributed by atoms with Crippen LogP contribution in [0.25, 0.3) is 22.5 Å². The number of aromatic nitrogens is 2. The lowest BCUT2D eigenvalue weighted by atomic mass is 10.1. The molecule has 4 heteroatoms. The predicted octanol–water partition coefficient (Wildman–Crippen LogP) is 2.69. The van der Waals surface area contributed by atoms with Crippen LogP contribution >= 0.6 is 0 Å². The zero-order chi connectivity index (χ0) is 15.4. The Bertz CT molecular complexity index is 786. The van der Waals surface area contributed by atoms with Gasteiger partial charge in [-0.15, -0.1) is 0 Å². The van der Waals surface area contributed by atoms with Crippen LogP contribution in [0.2, 0.25) is 0 Å². The molecule has 108 valence electrons. The molecule has 0 atom stereocenters. The predicted molar refractivity (Wildman–Crippen MR) is 84.3 cm³/mol. The Kier molecular flexibility index (Phi) is 3.92. The lowest BCUT2D eigenvalue weighted by Crippen LogP contribution is -2.19. The van der Waals surface area contributed by atoms with Crippen molar-refractivity contribution in [1.29, 1.82) is 5.41 Å². The highest BCUT2D eigenvalue weighted by Gasteiger charge is 2.10. The van der Waals surface area contributed by atoms with Gasteiger partial charge in [-0.2, -0.15) is 0 Å². The highest BCUT2D eigenvalue weighted by Crippen LogP contribution is 2.24. The van der Waals surface area contributed by atoms with E-state index in [-0.39, 0.29) is 6.42 Å². The van der Waals surface area contributed by atoms with Crippen LogP contribution in [0.5, 0.6) is 0 Å². The minimum absolute atomic E-state index is 0.0354. The lowest BCUT2D eigenvalue weighted by molar-refractivity contribution is -0.219. The summed E-state index contributed by atoms with van der Waals surface area (Å²) in [6.45, 7) is 0. The van der Waals surface area contributed by atoms with Crippen molar-refractivity contribution in [3.63, 3.8) is 0 Å². The van der Waals surface area contributed by atoms with E-state index in [9.17, 15) is 5.11 Å². The van der Waals surface area contributed by atoms with Gasteiger partial charge < -0.3 is 10.5 Å². The number of hydrogen-bond donors (Lipinski definition) is 1. The fourth-order valence-corrected chi connectivity index (χ4v) is 2.27. The molecule has 0 spiro atoms. The number of rotatable bonds is 4. The van der Waals surface area contributed by atoms with E-state index >= 15 is 0 Å². The molecule has 0 fully saturated rings. The molecule has 0 amide bonds. The van der Waals surface area contributed by atoms with Crippen molar-refractivity contribution < 1.29 is 5.11 Å². The van der Waals surface area contributed by atoms with Crippen molar-refractivity contribution in [2.24, 2.45) is 0 Å². The standard InChI is InChI=1S/C18H15N3O/c19-17(22)11-15-18(14-9-5-2-6-10-14)21-16(12-20-15)13-7-3-1-4-8-13/h1-10,12H,11H2,(H2,19,22)/p-1. The number of nitrogens with one attached hydrogen (secondary N) is 1. The summed E-state index contributed by atoms with van der Waals surface area (Å²) in [5.74, 6) is -0.668. The summed E-state index contributed by atoms with van der Waals surface area (Å²) in [6, 6.07) is 19.4. The molecule has 0 radical (unpaired) electrons. The molecule has 0 unspecified atom stereocenters. The number of nitrogens with zero attached hydrogens (tertiary/aromatic N) is 2. The monoisotopic (exact) mass is 288 g/mol. The summed E-state index contributed by atoms with van der Waals surface area (Å²) in [6.07, 6.45) is 1.62. The van der Waals surface area contributed by atoms with Crippen LogP contribution < -0.4 is 5.11 Å². The SMILES string of the molecule is N=C([O-])Cc1ncc(-c2ccccc2)nc1-c1ccccc1. The van der Waals surface area contributed by atoms with E-state index < -0.39 is 5.90 Å². The summed E-state index contributed by atoms with van der Waals surface area (Å²) in [5.41, 5.74) is 3.80. The second kappa shape index (κ2) is 6.18. The zero-order valence-corrected chi connectivity index (χ0v) is 11.9. The Labute approximate surface area is 128 Å². The van der Waals surface area contributed by atoms with Gasteiger partial charge in [-0.1, -0.05) is 60.7 Å². The maximum Gasteiger partial charge on any atom is 0.0928 e. The summed E-state index contributed by atoms with van der Waals surface area (Å²) in [4.78, 5) is 9.04. The van der Waals surface area contributed by atoms with Crippen molar-refractivity contribution in [1.82, 2.24) is 9.97 Å². The van der Waals surface area contributed by atoms with Crippen LogP contribution in [-0.4, -0.2) is 15.9 Å². The molecule has 0 saturated carbocycles. The van der Waals surface area contributed by atoms with Gasteiger partial charge in [-0.3, -0.25) is 4.98 Å². The lowest BCUT2D eigenvalue weighted by Gasteiger charge is -2.12. The molecule has 0 aliphatic carbocycles. The van der Waals surface area contributed by atoms with E-state index in [0.717, 1.165) is 16.8 Å². The highest BCUT2D eigenvalue weighted by atomic mass is 16.3. The van der Waals surface area contributed by atoms with Crippen LogP contribution in [0.4, 0.5) is 0 Å². The molecule has 22 heavy (non-hydrogen) atoms. The summed E-state index contributed by atoms with van der Waals surface area (Å²) in [7, 11) is 0. The molecule has 4 nitrogen and oxygen atoms in total. The molecular weight excluding hydrogens is 274 g/mol. The minimum atomic E-state index is -0.668. The first kappa shape index (κ1) is 13.9. The number of hydrogen-bond acceptors (Lipinski definition) is 4. The fraction of sp³-hybridized carbons (Fsp3) is 0.0556. The maximum atomic E-state index is 11.2. The molecule has 2 aromatic carbocycles. The molecular formula is C18H14N3O-. The van der Waals surface area contributed by atoms with Crippen molar-refractivity contribution in [2.75, 3.05) is 0 Å². The smallest absolute Gasteiger partial charge is 0.0928 e. The van der Waals surface area contributed by atoms with E-state index in [1.54, 1.807) is 6.20 Å². The van der Waals surface area contributed by atoms with Crippen LogP contribution in [0.3, 0.4) is 0 Å². The highest BCUT2D eigenvalue weighted by molar-refractivity contribution is 5.75. The summed E-state index contributed by atoms with van der Waals surface area (Å²) in [5, 5.41) is 18.3. The first-order chi connectivity index (χ1) is 10.7. The Morgan fingerprint density at radius 1 is 0.909 bits per heavy atom. The number of benzene rings is 2. The third-order valence-electron chi connectivity index (χ3n) is 3.29. The largest absolute Gasteiger partial charge is 0.862 e. The summed E-state index contributed by atoms with van der Waals surface area (Å²) >= 11 is 0. The molecule has 3 aromatic rings. The third kappa shape index (κ3) is 3.01. The Morgan fingerprint density at radius 2 is 1.50 bits per heavy atom. The van der Waals surface area contributed by atoms with Crippen molar-refractivity contribution in [3.8, 4) is 22.5 Å². The van der Waals surface area contributed by atoms with Crippen LogP contribution in [0.1, 0.15) is 5.69 Å². The minimum Gasteiger partial charge on any atom is -0.862 e. The van der Waals surface area contributed by atoms with Gasteiger partial charge in [0.2, 0.25) is 0 Å². The van der Waals surface area contributed by atoms with E-state index in [0.29, 0.717) is 11.4 Å². The molecule has 0 bridgehead atoms. The van der Waals surface area contributed by atoms with Gasteiger partial charge in [-0.25, -0.2) is 4.98 Å². The first-order valence-corrected chi connectivity index (χ1v) is 6.95. The molecule has 0 aliphatic rings. The second-order valence-corrected chi connectivity index (χ2v) is 4.88. The molecule has 0 aliphatic heterocycles. The normalized spacial score (nSPS) is 10.4. The van der Waals surface area contributed by atoms with Crippen molar-refractivity contribution >= 4 is 5.90 Å². The van der Waals surface area contributed by atoms with E-state index in [1.165, 1.54) is 0 Å². The van der Waals surface area contributed by atoms with E-state index in [1.807, 2.05) is 60.7 Å². The topological polar surface area (TPSA) is 72.7 Å². The van der Waals surface area contributed by atoms with Gasteiger partial charge in [0.25, 0.3) is 0 Å². The molecule has 3 rings (SSSR count). The molecule has 1 heterocycles. The molecule has 0 saturated heterocycles. The molecule has 1 N–H and O–H groups in total. The zero-order valence-electron chi connectivity index (χ0n) is 11.9. The van der Waals surface area contributed by atoms with Gasteiger partial charge in [0.15, 0.2) is 0 Å². The second-order valence-electron chi connectivity index (χ2n) is 4.88. The van der Waals surface area contributed by atoms with E-state index in [4.69, 9.17) is 5.41 Å². The van der Waals surface area contributed by atoms with E-state index in [2.05, 4.69) is 9.97 Å². The Balaban J connectivity index is 2.12. The average molecular weight is 288 g/mol. The van der Waals surface area contributed by atoms with Gasteiger partial charge >= 0.3 is 0 Å². The van der Waals surface area contributed by atoms with Gasteiger partial charge in [0, 0.05) is 17.5 Å². The third-order valence-corrected chi connectivity index (χ3v) is 3.29. The molecule has 1 aromatic heterocycles. The fourth-order valence-electron chi connectivity index (χ4n) is 2.27. The summed E-state index contributed by atoms with van der Waals surface area (Å²) < 4.78 is 0. The van der Waals surface area contributed by atoms with Crippen LogP contribution in [0.15, 0.2) is 66.9 Å². The van der Waals surface area contributed by atoms with Crippen LogP contribution in [0, 0.1) is 5.41 Å². The van der Waals surface area contributed by atoms with Gasteiger partial charge in [-0.05, 0) is 5.90 Å². The average Bonchev–Trinajstić information content (AvgIpc) is 2.56. The quantitative estimate of drug-likeness (QED) is 0.592. The Hall–Kier alpha value is -3.01. The maximum absolute atomic E-state index is 11.2. The van der Waals surface area contributed by atoms with Gasteiger partial charge in [0.1, 0.15) is 0 Å². The van der Waals surface area contributed by atoms with Crippen molar-refractivity contribution in [2.45, 2.75) is 6.42 Å². The van der Waals surface area contributed by atoms with Crippen LogP contribution in [-0.2, 0) is 6.42 Å². The van der Waals surface area contributed by atoms with Gasteiger partial charge in [0.05, 0.1) is 23.3 Å². The van der Waals surface area contributed by atoms with Crippen molar-refractivity contribution in [3.05, 3.63) is 72.6 Å².